The second kappa shape index (κ2) is 6.54. The summed E-state index contributed by atoms with van der Waals surface area (Å²) < 4.78 is 2.05. The van der Waals surface area contributed by atoms with Crippen LogP contribution in [0.5, 0.6) is 0 Å². The average molecular weight is 287 g/mol. The first-order valence-electron chi connectivity index (χ1n) is 6.22. The molecule has 0 radical (unpaired) electrons. The fraction of sp³-hybridized carbons (Fsp3) is 0.200. The molecule has 1 aromatic heterocycles. The number of carbonyl (C=O) groups excluding carboxylic acids is 1. The lowest BCUT2D eigenvalue weighted by Crippen LogP contribution is -1.99. The first-order valence-corrected chi connectivity index (χ1v) is 7.00. The number of hydrogen-bond donors (Lipinski definition) is 1. The van der Waals surface area contributed by atoms with Crippen molar-refractivity contribution in [3.8, 4) is 11.1 Å². The normalized spacial score (nSPS) is 10.6. The van der Waals surface area contributed by atoms with Crippen molar-refractivity contribution < 1.29 is 4.79 Å². The summed E-state index contributed by atoms with van der Waals surface area (Å²) in [7, 11) is 4.03. The molecule has 1 aromatic carbocycles. The zero-order chi connectivity index (χ0) is 14.5. The Morgan fingerprint density at radius 1 is 1.30 bits per heavy atom. The maximum Gasteiger partial charge on any atom is 0.211 e. The predicted molar refractivity (Wildman–Crippen MR) is 83.6 cm³/mol. The average Bonchev–Trinajstić information content (AvgIpc) is 2.41. The Labute approximate surface area is 123 Å². The number of carbonyl (C=O) groups is 1. The molecule has 0 aliphatic carbocycles. The number of pyridine rings is 1. The van der Waals surface area contributed by atoms with Crippen LogP contribution in [0.4, 0.5) is 5.69 Å². The van der Waals surface area contributed by atoms with Crippen LogP contribution in [-0.2, 0) is 4.79 Å². The highest BCUT2D eigenvalue weighted by Crippen LogP contribution is 2.29. The van der Waals surface area contributed by atoms with Crippen molar-refractivity contribution in [1.29, 1.82) is 0 Å². The fourth-order valence-electron chi connectivity index (χ4n) is 1.90. The van der Waals surface area contributed by atoms with Crippen LogP contribution in [0.1, 0.15) is 5.69 Å². The van der Waals surface area contributed by atoms with Crippen molar-refractivity contribution in [2.75, 3.05) is 19.4 Å². The smallest absolute Gasteiger partial charge is 0.211 e. The molecule has 0 spiro atoms. The first-order chi connectivity index (χ1) is 9.60. The molecule has 1 amide bonds. The summed E-state index contributed by atoms with van der Waals surface area (Å²) in [6.45, 7) is 1.96. The topological polar surface area (TPSA) is 45.2 Å². The van der Waals surface area contributed by atoms with Gasteiger partial charge in [0.15, 0.2) is 0 Å². The van der Waals surface area contributed by atoms with Crippen molar-refractivity contribution in [3.63, 3.8) is 0 Å². The molecule has 0 saturated carbocycles. The SMILES string of the molecule is Cc1ncc(NC=O)cc1-c1cccc(SN(C)C)c1. The number of hydrogen-bond acceptors (Lipinski definition) is 4. The Bertz CT molecular complexity index is 614. The highest BCUT2D eigenvalue weighted by molar-refractivity contribution is 7.97. The van der Waals surface area contributed by atoms with Gasteiger partial charge in [-0.3, -0.25) is 14.1 Å². The number of nitrogens with zero attached hydrogens (tertiary/aromatic N) is 2. The number of rotatable bonds is 5. The third kappa shape index (κ3) is 3.59. The minimum Gasteiger partial charge on any atom is -0.327 e. The Hall–Kier alpha value is -1.85. The predicted octanol–water partition coefficient (Wildman–Crippen LogP) is 3.19. The molecule has 104 valence electrons. The van der Waals surface area contributed by atoms with Crippen LogP contribution in [0, 0.1) is 6.92 Å². The minimum absolute atomic E-state index is 0.661. The van der Waals surface area contributed by atoms with Gasteiger partial charge in [-0.1, -0.05) is 12.1 Å². The molecule has 0 aliphatic rings. The van der Waals surface area contributed by atoms with Gasteiger partial charge in [-0.2, -0.15) is 0 Å². The van der Waals surface area contributed by atoms with Crippen molar-refractivity contribution in [1.82, 2.24) is 9.29 Å². The molecule has 1 heterocycles. The third-order valence-electron chi connectivity index (χ3n) is 2.75. The van der Waals surface area contributed by atoms with Crippen LogP contribution in [0.25, 0.3) is 11.1 Å². The van der Waals surface area contributed by atoms with Gasteiger partial charge in [-0.15, -0.1) is 0 Å². The molecule has 0 fully saturated rings. The van der Waals surface area contributed by atoms with E-state index in [4.69, 9.17) is 0 Å². The van der Waals surface area contributed by atoms with E-state index in [9.17, 15) is 4.79 Å². The fourth-order valence-corrected chi connectivity index (χ4v) is 2.64. The van der Waals surface area contributed by atoms with Crippen molar-refractivity contribution in [2.45, 2.75) is 11.8 Å². The van der Waals surface area contributed by atoms with Gasteiger partial charge < -0.3 is 5.32 Å². The van der Waals surface area contributed by atoms with Crippen molar-refractivity contribution in [3.05, 3.63) is 42.2 Å². The molecule has 0 atom stereocenters. The van der Waals surface area contributed by atoms with Crippen LogP contribution >= 0.6 is 11.9 Å². The second-order valence-corrected chi connectivity index (χ2v) is 5.93. The van der Waals surface area contributed by atoms with Crippen molar-refractivity contribution >= 4 is 24.0 Å². The van der Waals surface area contributed by atoms with Crippen LogP contribution < -0.4 is 5.32 Å². The summed E-state index contributed by atoms with van der Waals surface area (Å²) in [5.74, 6) is 0. The van der Waals surface area contributed by atoms with Crippen molar-refractivity contribution in [2.24, 2.45) is 0 Å². The standard InChI is InChI=1S/C15H17N3OS/c1-11-15(8-13(9-16-11)17-10-19)12-5-4-6-14(7-12)20-18(2)3/h4-10H,1-3H3,(H,17,19). The molecule has 2 aromatic rings. The lowest BCUT2D eigenvalue weighted by Gasteiger charge is -2.11. The largest absolute Gasteiger partial charge is 0.327 e. The van der Waals surface area contributed by atoms with E-state index >= 15 is 0 Å². The van der Waals surface area contributed by atoms with E-state index in [0.29, 0.717) is 12.1 Å². The van der Waals surface area contributed by atoms with Gasteiger partial charge in [0.25, 0.3) is 0 Å². The molecular formula is C15H17N3OS. The number of benzene rings is 1. The maximum atomic E-state index is 10.5. The summed E-state index contributed by atoms with van der Waals surface area (Å²) >= 11 is 1.67. The molecule has 4 nitrogen and oxygen atoms in total. The number of amides is 1. The van der Waals surface area contributed by atoms with Gasteiger partial charge in [-0.05, 0) is 56.7 Å². The highest BCUT2D eigenvalue weighted by atomic mass is 32.2. The molecule has 0 saturated heterocycles. The van der Waals surface area contributed by atoms with E-state index in [1.807, 2.05) is 33.2 Å². The van der Waals surface area contributed by atoms with Crippen LogP contribution in [0.3, 0.4) is 0 Å². The van der Waals surface area contributed by atoms with Gasteiger partial charge in [0.1, 0.15) is 0 Å². The molecule has 0 aliphatic heterocycles. The van der Waals surface area contributed by atoms with Gasteiger partial charge in [-0.25, -0.2) is 0 Å². The van der Waals surface area contributed by atoms with E-state index in [1.165, 1.54) is 4.90 Å². The van der Waals surface area contributed by atoms with E-state index < -0.39 is 0 Å². The molecule has 2 rings (SSSR count). The van der Waals surface area contributed by atoms with E-state index in [0.717, 1.165) is 16.8 Å². The lowest BCUT2D eigenvalue weighted by atomic mass is 10.0. The maximum absolute atomic E-state index is 10.5. The molecule has 20 heavy (non-hydrogen) atoms. The lowest BCUT2D eigenvalue weighted by molar-refractivity contribution is -0.105. The molecular weight excluding hydrogens is 270 g/mol. The zero-order valence-corrected chi connectivity index (χ0v) is 12.6. The first kappa shape index (κ1) is 14.6. The Morgan fingerprint density at radius 3 is 2.80 bits per heavy atom. The number of aromatic nitrogens is 1. The highest BCUT2D eigenvalue weighted by Gasteiger charge is 2.06. The van der Waals surface area contributed by atoms with Gasteiger partial charge >= 0.3 is 0 Å². The quantitative estimate of drug-likeness (QED) is 0.677. The van der Waals surface area contributed by atoms with E-state index in [2.05, 4.69) is 32.8 Å². The molecule has 5 heteroatoms. The van der Waals surface area contributed by atoms with Crippen LogP contribution in [-0.4, -0.2) is 29.8 Å². The Morgan fingerprint density at radius 2 is 2.10 bits per heavy atom. The second-order valence-electron chi connectivity index (χ2n) is 4.55. The summed E-state index contributed by atoms with van der Waals surface area (Å²) in [4.78, 5) is 16.0. The Balaban J connectivity index is 2.39. The number of anilines is 1. The number of aryl methyl sites for hydroxylation is 1. The summed E-state index contributed by atoms with van der Waals surface area (Å²) in [5.41, 5.74) is 3.76. The van der Waals surface area contributed by atoms with Gasteiger partial charge in [0.05, 0.1) is 11.9 Å². The van der Waals surface area contributed by atoms with E-state index in [1.54, 1.807) is 18.1 Å². The number of nitrogens with one attached hydrogen (secondary N) is 1. The van der Waals surface area contributed by atoms with Gasteiger partial charge in [0, 0.05) is 16.2 Å². The molecule has 0 unspecified atom stereocenters. The Kier molecular flexibility index (Phi) is 4.76. The summed E-state index contributed by atoms with van der Waals surface area (Å²) in [6, 6.07) is 10.2. The third-order valence-corrected chi connectivity index (χ3v) is 3.58. The van der Waals surface area contributed by atoms with Gasteiger partial charge in [0.2, 0.25) is 6.41 Å². The molecule has 0 bridgehead atoms. The summed E-state index contributed by atoms with van der Waals surface area (Å²) in [5, 5.41) is 2.64. The zero-order valence-electron chi connectivity index (χ0n) is 11.8. The monoisotopic (exact) mass is 287 g/mol. The molecule has 1 N–H and O–H groups in total. The minimum atomic E-state index is 0.661. The summed E-state index contributed by atoms with van der Waals surface area (Å²) in [6.07, 6.45) is 2.32. The van der Waals surface area contributed by atoms with Crippen LogP contribution in [0.15, 0.2) is 41.4 Å². The van der Waals surface area contributed by atoms with Crippen LogP contribution in [0.2, 0.25) is 0 Å². The van der Waals surface area contributed by atoms with E-state index in [-0.39, 0.29) is 0 Å².